The van der Waals surface area contributed by atoms with Crippen LogP contribution >= 0.6 is 15.9 Å². The molecule has 0 spiro atoms. The highest BCUT2D eigenvalue weighted by molar-refractivity contribution is 9.09. The van der Waals surface area contributed by atoms with E-state index in [0.717, 1.165) is 5.33 Å². The van der Waals surface area contributed by atoms with Gasteiger partial charge in [0.2, 0.25) is 0 Å². The average molecular weight is 264 g/mol. The van der Waals surface area contributed by atoms with Gasteiger partial charge in [0.1, 0.15) is 12.4 Å². The predicted molar refractivity (Wildman–Crippen MR) is 53.5 cm³/mol. The van der Waals surface area contributed by atoms with Crippen molar-refractivity contribution in [2.75, 3.05) is 18.5 Å². The molecule has 78 valence electrons. The van der Waals surface area contributed by atoms with E-state index in [9.17, 15) is 10.1 Å². The quantitative estimate of drug-likeness (QED) is 0.335. The van der Waals surface area contributed by atoms with Gasteiger partial charge in [0.05, 0.1) is 19.8 Å². The minimum Gasteiger partial charge on any atom is -0.390 e. The molecule has 0 aliphatic carbocycles. The average Bonchev–Trinajstić information content (AvgIpc) is 2.60. The Bertz CT molecular complexity index is 302. The fourth-order valence-electron chi connectivity index (χ4n) is 0.967. The molecule has 0 saturated carbocycles. The minimum atomic E-state index is -0.509. The van der Waals surface area contributed by atoms with Crippen LogP contribution in [0.25, 0.3) is 0 Å². The van der Waals surface area contributed by atoms with Crippen molar-refractivity contribution in [1.29, 1.82) is 0 Å². The molecule has 0 aliphatic rings. The molecule has 0 N–H and O–H groups in total. The number of hydrogen-bond donors (Lipinski definition) is 0. The summed E-state index contributed by atoms with van der Waals surface area (Å²) in [7, 11) is 0. The standard InChI is InChI=1S/C7H10BrN3O3/c8-1-5-14-6-4-10-3-2-9-7(10)11(12)13/h2-3H,1,4-6H2. The first-order chi connectivity index (χ1) is 6.75. The van der Waals surface area contributed by atoms with E-state index in [-0.39, 0.29) is 5.95 Å². The van der Waals surface area contributed by atoms with Crippen molar-refractivity contribution in [2.24, 2.45) is 0 Å². The molecule has 1 aromatic heterocycles. The van der Waals surface area contributed by atoms with Crippen molar-refractivity contribution in [2.45, 2.75) is 6.54 Å². The van der Waals surface area contributed by atoms with Crippen LogP contribution in [0.1, 0.15) is 0 Å². The summed E-state index contributed by atoms with van der Waals surface area (Å²) in [5, 5.41) is 11.2. The summed E-state index contributed by atoms with van der Waals surface area (Å²) in [5.74, 6) is -0.146. The van der Waals surface area contributed by atoms with E-state index in [1.54, 1.807) is 6.20 Å². The predicted octanol–water partition coefficient (Wildman–Crippen LogP) is 1.20. The lowest BCUT2D eigenvalue weighted by atomic mass is 10.6. The highest BCUT2D eigenvalue weighted by Crippen LogP contribution is 2.06. The lowest BCUT2D eigenvalue weighted by molar-refractivity contribution is -0.396. The summed E-state index contributed by atoms with van der Waals surface area (Å²) < 4.78 is 6.63. The maximum Gasteiger partial charge on any atom is 0.434 e. The number of hydrogen-bond acceptors (Lipinski definition) is 4. The second kappa shape index (κ2) is 5.71. The van der Waals surface area contributed by atoms with Crippen molar-refractivity contribution in [1.82, 2.24) is 9.55 Å². The Kier molecular flexibility index (Phi) is 4.54. The second-order valence-corrected chi connectivity index (χ2v) is 3.27. The van der Waals surface area contributed by atoms with Gasteiger partial charge in [-0.15, -0.1) is 0 Å². The third-order valence-electron chi connectivity index (χ3n) is 1.55. The Morgan fingerprint density at radius 2 is 2.43 bits per heavy atom. The van der Waals surface area contributed by atoms with E-state index in [4.69, 9.17) is 4.74 Å². The molecular weight excluding hydrogens is 254 g/mol. The fourth-order valence-corrected chi connectivity index (χ4v) is 1.20. The maximum atomic E-state index is 10.4. The molecule has 6 nitrogen and oxygen atoms in total. The molecular formula is C7H10BrN3O3. The van der Waals surface area contributed by atoms with Crippen molar-refractivity contribution in [3.05, 3.63) is 22.5 Å². The number of nitro groups is 1. The number of halogens is 1. The zero-order valence-electron chi connectivity index (χ0n) is 7.43. The van der Waals surface area contributed by atoms with Crippen molar-refractivity contribution in [3.63, 3.8) is 0 Å². The Morgan fingerprint density at radius 3 is 3.07 bits per heavy atom. The van der Waals surface area contributed by atoms with Gasteiger partial charge in [0, 0.05) is 5.33 Å². The van der Waals surface area contributed by atoms with Gasteiger partial charge in [0.15, 0.2) is 0 Å². The van der Waals surface area contributed by atoms with Gasteiger partial charge >= 0.3 is 5.95 Å². The molecule has 1 rings (SSSR count). The molecule has 0 unspecified atom stereocenters. The minimum absolute atomic E-state index is 0.146. The number of rotatable bonds is 6. The smallest absolute Gasteiger partial charge is 0.390 e. The molecule has 0 amide bonds. The molecule has 7 heteroatoms. The molecule has 1 aromatic rings. The Balaban J connectivity index is 2.42. The van der Waals surface area contributed by atoms with Crippen LogP contribution in [0.15, 0.2) is 12.4 Å². The summed E-state index contributed by atoms with van der Waals surface area (Å²) in [6, 6.07) is 0. The van der Waals surface area contributed by atoms with Gasteiger partial charge in [-0.1, -0.05) is 20.9 Å². The Hall–Kier alpha value is -0.950. The fraction of sp³-hybridized carbons (Fsp3) is 0.571. The van der Waals surface area contributed by atoms with Crippen molar-refractivity contribution in [3.8, 4) is 0 Å². The van der Waals surface area contributed by atoms with E-state index < -0.39 is 4.92 Å². The molecule has 1 heterocycles. The number of alkyl halides is 1. The highest BCUT2D eigenvalue weighted by Gasteiger charge is 2.12. The summed E-state index contributed by atoms with van der Waals surface area (Å²) in [5.41, 5.74) is 0. The molecule has 0 saturated heterocycles. The van der Waals surface area contributed by atoms with Gasteiger partial charge < -0.3 is 14.9 Å². The van der Waals surface area contributed by atoms with Crippen LogP contribution in [-0.4, -0.2) is 33.0 Å². The molecule has 0 radical (unpaired) electrons. The monoisotopic (exact) mass is 263 g/mol. The summed E-state index contributed by atoms with van der Waals surface area (Å²) in [6.45, 7) is 1.49. The molecule has 0 bridgehead atoms. The van der Waals surface area contributed by atoms with Crippen LogP contribution in [0, 0.1) is 10.1 Å². The number of ether oxygens (including phenoxy) is 1. The largest absolute Gasteiger partial charge is 0.434 e. The van der Waals surface area contributed by atoms with E-state index in [0.29, 0.717) is 19.8 Å². The van der Waals surface area contributed by atoms with Gasteiger partial charge in [-0.05, 0) is 4.92 Å². The van der Waals surface area contributed by atoms with Crippen LogP contribution in [0.3, 0.4) is 0 Å². The summed E-state index contributed by atoms with van der Waals surface area (Å²) >= 11 is 3.21. The SMILES string of the molecule is O=[N+]([O-])c1nccn1CCOCCBr. The number of nitrogens with zero attached hydrogens (tertiary/aromatic N) is 3. The van der Waals surface area contributed by atoms with Crippen LogP contribution in [-0.2, 0) is 11.3 Å². The first kappa shape index (κ1) is 11.1. The lowest BCUT2D eigenvalue weighted by Crippen LogP contribution is -2.09. The lowest BCUT2D eigenvalue weighted by Gasteiger charge is -2.01. The van der Waals surface area contributed by atoms with E-state index in [1.165, 1.54) is 10.8 Å². The van der Waals surface area contributed by atoms with E-state index >= 15 is 0 Å². The summed E-state index contributed by atoms with van der Waals surface area (Å²) in [6.07, 6.45) is 2.97. The maximum absolute atomic E-state index is 10.4. The summed E-state index contributed by atoms with van der Waals surface area (Å²) in [4.78, 5) is 13.5. The molecule has 0 aliphatic heterocycles. The highest BCUT2D eigenvalue weighted by atomic mass is 79.9. The van der Waals surface area contributed by atoms with Crippen LogP contribution in [0.2, 0.25) is 0 Å². The Labute approximate surface area is 89.2 Å². The normalized spacial score (nSPS) is 10.4. The number of imidazole rings is 1. The van der Waals surface area contributed by atoms with Crippen molar-refractivity contribution < 1.29 is 9.66 Å². The zero-order chi connectivity index (χ0) is 10.4. The van der Waals surface area contributed by atoms with Crippen molar-refractivity contribution >= 4 is 21.9 Å². The molecule has 14 heavy (non-hydrogen) atoms. The van der Waals surface area contributed by atoms with Gasteiger partial charge in [-0.2, -0.15) is 0 Å². The Morgan fingerprint density at radius 1 is 1.64 bits per heavy atom. The van der Waals surface area contributed by atoms with E-state index in [1.807, 2.05) is 0 Å². The third kappa shape index (κ3) is 3.08. The topological polar surface area (TPSA) is 70.2 Å². The molecule has 0 aromatic carbocycles. The van der Waals surface area contributed by atoms with Crippen LogP contribution < -0.4 is 0 Å². The first-order valence-electron chi connectivity index (χ1n) is 4.05. The zero-order valence-corrected chi connectivity index (χ0v) is 9.01. The third-order valence-corrected chi connectivity index (χ3v) is 1.88. The van der Waals surface area contributed by atoms with Gasteiger partial charge in [-0.3, -0.25) is 0 Å². The molecule has 0 fully saturated rings. The first-order valence-corrected chi connectivity index (χ1v) is 5.17. The van der Waals surface area contributed by atoms with Crippen LogP contribution in [0.5, 0.6) is 0 Å². The number of aromatic nitrogens is 2. The van der Waals surface area contributed by atoms with Gasteiger partial charge in [-0.25, -0.2) is 4.57 Å². The van der Waals surface area contributed by atoms with Gasteiger partial charge in [0.25, 0.3) is 0 Å². The molecule has 0 atom stereocenters. The second-order valence-electron chi connectivity index (χ2n) is 2.48. The van der Waals surface area contributed by atoms with E-state index in [2.05, 4.69) is 20.9 Å². The van der Waals surface area contributed by atoms with Crippen LogP contribution in [0.4, 0.5) is 5.95 Å².